The maximum absolute atomic E-state index is 13.6. The second kappa shape index (κ2) is 5.73. The molecule has 1 atom stereocenters. The number of carboxylic acid groups (broad SMARTS) is 1. The van der Waals surface area contributed by atoms with E-state index in [-0.39, 0.29) is 23.0 Å². The Labute approximate surface area is 142 Å². The third kappa shape index (κ3) is 2.55. The Morgan fingerprint density at radius 3 is 2.96 bits per heavy atom. The standard InChI is InChI=1S/C17H15FN4O3/c18-10-3-4-14(23)11(8-10)13-2-1-6-21(13)15-5-7-22-16(20-15)12(9-19-22)17(24)25/h3-5,7-9,13,23H,1-2,6H2,(H,24,25)/t13-/m1/s1. The summed E-state index contributed by atoms with van der Waals surface area (Å²) in [7, 11) is 0. The summed E-state index contributed by atoms with van der Waals surface area (Å²) in [6.45, 7) is 0.681. The number of nitrogens with zero attached hydrogens (tertiary/aromatic N) is 4. The highest BCUT2D eigenvalue weighted by Crippen LogP contribution is 2.39. The molecule has 7 nitrogen and oxygen atoms in total. The lowest BCUT2D eigenvalue weighted by Gasteiger charge is -2.26. The summed E-state index contributed by atoms with van der Waals surface area (Å²) in [4.78, 5) is 17.7. The van der Waals surface area contributed by atoms with E-state index < -0.39 is 11.8 Å². The van der Waals surface area contributed by atoms with Crippen molar-refractivity contribution in [3.63, 3.8) is 0 Å². The second-order valence-corrected chi connectivity index (χ2v) is 5.97. The first-order valence-electron chi connectivity index (χ1n) is 7.87. The van der Waals surface area contributed by atoms with E-state index >= 15 is 0 Å². The second-order valence-electron chi connectivity index (χ2n) is 5.97. The molecule has 1 aromatic carbocycles. The molecule has 0 amide bonds. The molecule has 1 aliphatic heterocycles. The maximum Gasteiger partial charge on any atom is 0.341 e. The van der Waals surface area contributed by atoms with Gasteiger partial charge in [0.1, 0.15) is 22.9 Å². The Bertz CT molecular complexity index is 972. The van der Waals surface area contributed by atoms with E-state index in [1.165, 1.54) is 28.9 Å². The van der Waals surface area contributed by atoms with Crippen LogP contribution in [0.1, 0.15) is 34.8 Å². The van der Waals surface area contributed by atoms with Crippen molar-refractivity contribution in [3.8, 4) is 5.75 Å². The predicted octanol–water partition coefficient (Wildman–Crippen LogP) is 2.61. The maximum atomic E-state index is 13.6. The molecule has 3 aromatic rings. The van der Waals surface area contributed by atoms with Crippen LogP contribution in [0.3, 0.4) is 0 Å². The Morgan fingerprint density at radius 1 is 1.32 bits per heavy atom. The smallest absolute Gasteiger partial charge is 0.341 e. The molecule has 128 valence electrons. The zero-order chi connectivity index (χ0) is 17.6. The largest absolute Gasteiger partial charge is 0.508 e. The van der Waals surface area contributed by atoms with Crippen LogP contribution in [0.4, 0.5) is 10.2 Å². The molecule has 0 spiro atoms. The van der Waals surface area contributed by atoms with Gasteiger partial charge in [0, 0.05) is 18.3 Å². The number of carboxylic acids is 1. The number of aromatic hydroxyl groups is 1. The normalized spacial score (nSPS) is 17.3. The van der Waals surface area contributed by atoms with Crippen molar-refractivity contribution in [1.29, 1.82) is 0 Å². The van der Waals surface area contributed by atoms with Crippen molar-refractivity contribution in [2.75, 3.05) is 11.4 Å². The van der Waals surface area contributed by atoms with Crippen molar-refractivity contribution in [2.45, 2.75) is 18.9 Å². The van der Waals surface area contributed by atoms with E-state index in [2.05, 4.69) is 10.1 Å². The molecule has 8 heteroatoms. The first kappa shape index (κ1) is 15.4. The monoisotopic (exact) mass is 342 g/mol. The highest BCUT2D eigenvalue weighted by atomic mass is 19.1. The van der Waals surface area contributed by atoms with Crippen LogP contribution in [0.2, 0.25) is 0 Å². The summed E-state index contributed by atoms with van der Waals surface area (Å²) in [5, 5.41) is 23.3. The highest BCUT2D eigenvalue weighted by molar-refractivity contribution is 5.94. The van der Waals surface area contributed by atoms with Gasteiger partial charge >= 0.3 is 5.97 Å². The number of rotatable bonds is 3. The van der Waals surface area contributed by atoms with Crippen LogP contribution in [0.5, 0.6) is 5.75 Å². The van der Waals surface area contributed by atoms with Crippen LogP contribution in [-0.4, -0.2) is 37.3 Å². The van der Waals surface area contributed by atoms with E-state index in [4.69, 9.17) is 0 Å². The van der Waals surface area contributed by atoms with Crippen molar-refractivity contribution in [2.24, 2.45) is 0 Å². The van der Waals surface area contributed by atoms with Crippen LogP contribution in [0.25, 0.3) is 5.65 Å². The molecule has 0 bridgehead atoms. The molecule has 3 heterocycles. The molecule has 0 saturated carbocycles. The minimum Gasteiger partial charge on any atom is -0.508 e. The number of halogens is 1. The van der Waals surface area contributed by atoms with Gasteiger partial charge in [-0.2, -0.15) is 5.10 Å². The van der Waals surface area contributed by atoms with Crippen molar-refractivity contribution in [3.05, 3.63) is 53.6 Å². The molecule has 0 aliphatic carbocycles. The third-order valence-electron chi connectivity index (χ3n) is 4.48. The minimum absolute atomic E-state index is 0.0196. The summed E-state index contributed by atoms with van der Waals surface area (Å²) in [5.74, 6) is -0.899. The molecule has 1 aliphatic rings. The van der Waals surface area contributed by atoms with Gasteiger partial charge in [-0.1, -0.05) is 0 Å². The van der Waals surface area contributed by atoms with Gasteiger partial charge in [-0.15, -0.1) is 0 Å². The van der Waals surface area contributed by atoms with Gasteiger partial charge in [0.15, 0.2) is 5.65 Å². The van der Waals surface area contributed by atoms with Crippen molar-refractivity contribution >= 4 is 17.4 Å². The minimum atomic E-state index is -1.10. The summed E-state index contributed by atoms with van der Waals surface area (Å²) < 4.78 is 15.0. The zero-order valence-corrected chi connectivity index (χ0v) is 13.1. The van der Waals surface area contributed by atoms with E-state index in [0.29, 0.717) is 17.9 Å². The number of phenols is 1. The average Bonchev–Trinajstić information content (AvgIpc) is 3.22. The molecule has 4 rings (SSSR count). The molecule has 1 fully saturated rings. The third-order valence-corrected chi connectivity index (χ3v) is 4.48. The molecular weight excluding hydrogens is 327 g/mol. The number of phenolic OH excluding ortho intramolecular Hbond substituents is 1. The van der Waals surface area contributed by atoms with Gasteiger partial charge in [0.2, 0.25) is 0 Å². The molecule has 2 aromatic heterocycles. The zero-order valence-electron chi connectivity index (χ0n) is 13.1. The Balaban J connectivity index is 1.77. The molecule has 25 heavy (non-hydrogen) atoms. The van der Waals surface area contributed by atoms with Gasteiger partial charge in [0.05, 0.1) is 12.2 Å². The lowest BCUT2D eigenvalue weighted by Crippen LogP contribution is -2.24. The summed E-state index contributed by atoms with van der Waals surface area (Å²) >= 11 is 0. The number of hydrogen-bond acceptors (Lipinski definition) is 5. The summed E-state index contributed by atoms with van der Waals surface area (Å²) in [6.07, 6.45) is 4.51. The van der Waals surface area contributed by atoms with Gasteiger partial charge in [-0.25, -0.2) is 18.7 Å². The Morgan fingerprint density at radius 2 is 2.16 bits per heavy atom. The van der Waals surface area contributed by atoms with Crippen molar-refractivity contribution < 1.29 is 19.4 Å². The van der Waals surface area contributed by atoms with E-state index in [9.17, 15) is 19.4 Å². The molecule has 0 unspecified atom stereocenters. The van der Waals surface area contributed by atoms with E-state index in [0.717, 1.165) is 12.8 Å². The van der Waals surface area contributed by atoms with Crippen LogP contribution < -0.4 is 4.90 Å². The fraction of sp³-hybridized carbons (Fsp3) is 0.235. The fourth-order valence-electron chi connectivity index (χ4n) is 3.33. The van der Waals surface area contributed by atoms with Crippen LogP contribution in [0, 0.1) is 5.82 Å². The lowest BCUT2D eigenvalue weighted by atomic mass is 10.0. The topological polar surface area (TPSA) is 91.0 Å². The first-order valence-corrected chi connectivity index (χ1v) is 7.87. The van der Waals surface area contributed by atoms with Crippen molar-refractivity contribution in [1.82, 2.24) is 14.6 Å². The number of aromatic carboxylic acids is 1. The van der Waals surface area contributed by atoms with Crippen LogP contribution in [-0.2, 0) is 0 Å². The number of fused-ring (bicyclic) bond motifs is 1. The van der Waals surface area contributed by atoms with Gasteiger partial charge in [0.25, 0.3) is 0 Å². The number of benzene rings is 1. The highest BCUT2D eigenvalue weighted by Gasteiger charge is 2.30. The van der Waals surface area contributed by atoms with Gasteiger partial charge < -0.3 is 15.1 Å². The lowest BCUT2D eigenvalue weighted by molar-refractivity contribution is 0.0698. The molecule has 2 N–H and O–H groups in total. The number of anilines is 1. The summed E-state index contributed by atoms with van der Waals surface area (Å²) in [6, 6.07) is 5.41. The van der Waals surface area contributed by atoms with Crippen LogP contribution in [0.15, 0.2) is 36.7 Å². The number of aromatic nitrogens is 3. The van der Waals surface area contributed by atoms with Gasteiger partial charge in [-0.05, 0) is 37.1 Å². The predicted molar refractivity (Wildman–Crippen MR) is 87.3 cm³/mol. The number of carbonyl (C=O) groups is 1. The van der Waals surface area contributed by atoms with E-state index in [1.807, 2.05) is 4.90 Å². The van der Waals surface area contributed by atoms with Crippen LogP contribution >= 0.6 is 0 Å². The summed E-state index contributed by atoms with van der Waals surface area (Å²) in [5.41, 5.74) is 0.774. The SMILES string of the molecule is O=C(O)c1cnn2ccc(N3CCC[C@@H]3c3cc(F)ccc3O)nc12. The molecule has 1 saturated heterocycles. The fourth-order valence-corrected chi connectivity index (χ4v) is 3.33. The molecular formula is C17H15FN4O3. The van der Waals surface area contributed by atoms with E-state index in [1.54, 1.807) is 12.3 Å². The quantitative estimate of drug-likeness (QED) is 0.760. The Kier molecular flexibility index (Phi) is 3.52. The first-order chi connectivity index (χ1) is 12.0. The number of hydrogen-bond donors (Lipinski definition) is 2. The average molecular weight is 342 g/mol. The molecule has 0 radical (unpaired) electrons. The Hall–Kier alpha value is -3.16. The van der Waals surface area contributed by atoms with Gasteiger partial charge in [-0.3, -0.25) is 0 Å².